The molecule has 0 radical (unpaired) electrons. The van der Waals surface area contributed by atoms with Crippen molar-refractivity contribution in [2.24, 2.45) is 5.92 Å². The van der Waals surface area contributed by atoms with Crippen LogP contribution in [-0.2, 0) is 0 Å². The summed E-state index contributed by atoms with van der Waals surface area (Å²) in [6, 6.07) is 13.6. The summed E-state index contributed by atoms with van der Waals surface area (Å²) in [4.78, 5) is 4.77. The van der Waals surface area contributed by atoms with E-state index in [0.29, 0.717) is 40.2 Å². The summed E-state index contributed by atoms with van der Waals surface area (Å²) in [5.41, 5.74) is 4.50. The van der Waals surface area contributed by atoms with E-state index in [2.05, 4.69) is 20.6 Å². The monoisotopic (exact) mass is 548 g/mol. The van der Waals surface area contributed by atoms with Gasteiger partial charge in [-0.2, -0.15) is 5.21 Å². The molecule has 1 aliphatic rings. The zero-order valence-electron chi connectivity index (χ0n) is 21.6. The molecule has 39 heavy (non-hydrogen) atoms. The predicted octanol–water partition coefficient (Wildman–Crippen LogP) is 7.24. The van der Waals surface area contributed by atoms with Crippen molar-refractivity contribution in [1.82, 2.24) is 30.2 Å². The number of imidazole rings is 1. The maximum atomic E-state index is 14.6. The molecule has 7 nitrogen and oxygen atoms in total. The van der Waals surface area contributed by atoms with Crippen LogP contribution in [0.25, 0.3) is 33.8 Å². The van der Waals surface area contributed by atoms with E-state index in [1.54, 1.807) is 12.1 Å². The summed E-state index contributed by atoms with van der Waals surface area (Å²) in [6.07, 6.45) is 4.27. The van der Waals surface area contributed by atoms with Crippen LogP contribution >= 0.6 is 11.6 Å². The van der Waals surface area contributed by atoms with Crippen molar-refractivity contribution in [2.75, 3.05) is 6.61 Å². The molecule has 0 saturated heterocycles. The van der Waals surface area contributed by atoms with Gasteiger partial charge >= 0.3 is 0 Å². The van der Waals surface area contributed by atoms with Crippen LogP contribution in [0.5, 0.6) is 5.75 Å². The number of benzene rings is 3. The van der Waals surface area contributed by atoms with E-state index < -0.39 is 11.6 Å². The van der Waals surface area contributed by atoms with Gasteiger partial charge < -0.3 is 9.30 Å². The molecule has 1 atom stereocenters. The van der Waals surface area contributed by atoms with Crippen LogP contribution < -0.4 is 4.74 Å². The number of rotatable bonds is 7. The van der Waals surface area contributed by atoms with Gasteiger partial charge in [-0.3, -0.25) is 0 Å². The number of hydrogen-bond acceptors (Lipinski definition) is 5. The third kappa shape index (κ3) is 4.87. The van der Waals surface area contributed by atoms with Gasteiger partial charge in [0.25, 0.3) is 0 Å². The maximum Gasteiger partial charge on any atom is 0.204 e. The van der Waals surface area contributed by atoms with Gasteiger partial charge in [0, 0.05) is 28.3 Å². The number of halogens is 3. The van der Waals surface area contributed by atoms with Crippen molar-refractivity contribution in [2.45, 2.75) is 45.6 Å². The smallest absolute Gasteiger partial charge is 0.204 e. The second-order valence-electron chi connectivity index (χ2n) is 10.2. The molecule has 1 saturated carbocycles. The zero-order valence-corrected chi connectivity index (χ0v) is 22.3. The average Bonchev–Trinajstić information content (AvgIpc) is 3.69. The minimum absolute atomic E-state index is 0.149. The molecule has 2 aromatic heterocycles. The fraction of sp³-hybridized carbons (Fsp3) is 0.310. The number of aromatic nitrogens is 6. The summed E-state index contributed by atoms with van der Waals surface area (Å²) in [6.45, 7) is 4.32. The summed E-state index contributed by atoms with van der Waals surface area (Å²) < 4.78 is 37.4. The number of aromatic amines is 1. The normalized spacial score (nSPS) is 14.8. The summed E-state index contributed by atoms with van der Waals surface area (Å²) in [5, 5.41) is 14.9. The highest BCUT2D eigenvalue weighted by Crippen LogP contribution is 2.40. The van der Waals surface area contributed by atoms with Gasteiger partial charge in [-0.25, -0.2) is 13.8 Å². The molecule has 0 aliphatic heterocycles. The fourth-order valence-corrected chi connectivity index (χ4v) is 5.88. The Morgan fingerprint density at radius 3 is 2.36 bits per heavy atom. The molecule has 5 aromatic rings. The first-order chi connectivity index (χ1) is 18.9. The Balaban J connectivity index is 1.43. The highest BCUT2D eigenvalue weighted by Gasteiger charge is 2.31. The molecule has 1 aliphatic carbocycles. The molecule has 2 heterocycles. The number of nitrogens with one attached hydrogen (secondary N) is 1. The van der Waals surface area contributed by atoms with Crippen molar-refractivity contribution < 1.29 is 13.5 Å². The molecule has 6 rings (SSSR count). The first-order valence-electron chi connectivity index (χ1n) is 13.0. The quantitative estimate of drug-likeness (QED) is 0.232. The lowest BCUT2D eigenvalue weighted by molar-refractivity contribution is 0.200. The molecule has 1 N–H and O–H groups in total. The maximum absolute atomic E-state index is 14.6. The van der Waals surface area contributed by atoms with Crippen LogP contribution in [0.1, 0.15) is 42.9 Å². The van der Waals surface area contributed by atoms with Crippen molar-refractivity contribution in [3.05, 3.63) is 76.3 Å². The topological polar surface area (TPSA) is 81.5 Å². The minimum atomic E-state index is -0.920. The molecule has 200 valence electrons. The van der Waals surface area contributed by atoms with E-state index >= 15 is 0 Å². The third-order valence-electron chi connectivity index (χ3n) is 7.57. The van der Waals surface area contributed by atoms with Crippen LogP contribution in [0, 0.1) is 31.4 Å². The molecule has 1 unspecified atom stereocenters. The largest absolute Gasteiger partial charge is 0.491 e. The van der Waals surface area contributed by atoms with Crippen LogP contribution in [-0.4, -0.2) is 36.8 Å². The molecule has 10 heteroatoms. The summed E-state index contributed by atoms with van der Waals surface area (Å²) >= 11 is 6.16. The summed E-state index contributed by atoms with van der Waals surface area (Å²) in [7, 11) is 0. The SMILES string of the molecule is Cc1cc(-c2nn[nH]n2)cc(C)c1OCC(C1CCCC1)n1c(-c2ccc(Cl)cc2)nc2cc(F)c(F)cc21. The molecule has 0 bridgehead atoms. The van der Waals surface area contributed by atoms with Gasteiger partial charge in [-0.1, -0.05) is 24.4 Å². The Morgan fingerprint density at radius 1 is 1.00 bits per heavy atom. The fourth-order valence-electron chi connectivity index (χ4n) is 5.75. The van der Waals surface area contributed by atoms with Gasteiger partial charge in [0.2, 0.25) is 5.82 Å². The zero-order chi connectivity index (χ0) is 27.1. The predicted molar refractivity (Wildman–Crippen MR) is 146 cm³/mol. The Labute approximate surface area is 229 Å². The van der Waals surface area contributed by atoms with Gasteiger partial charge in [-0.15, -0.1) is 10.2 Å². The first-order valence-corrected chi connectivity index (χ1v) is 13.4. The van der Waals surface area contributed by atoms with E-state index in [9.17, 15) is 8.78 Å². The molecule has 3 aromatic carbocycles. The number of aryl methyl sites for hydroxylation is 2. The molecular weight excluding hydrogens is 522 g/mol. The Kier molecular flexibility index (Phi) is 6.76. The van der Waals surface area contributed by atoms with Crippen molar-refractivity contribution in [1.29, 1.82) is 0 Å². The highest BCUT2D eigenvalue weighted by molar-refractivity contribution is 6.30. The molecule has 0 amide bonds. The Bertz CT molecular complexity index is 1610. The van der Waals surface area contributed by atoms with Gasteiger partial charge in [0.15, 0.2) is 11.6 Å². The van der Waals surface area contributed by atoms with E-state index in [0.717, 1.165) is 59.8 Å². The molecular formula is C29H27ClF2N6O. The number of tetrazole rings is 1. The van der Waals surface area contributed by atoms with Crippen molar-refractivity contribution in [3.8, 4) is 28.5 Å². The van der Waals surface area contributed by atoms with Crippen LogP contribution in [0.4, 0.5) is 8.78 Å². The van der Waals surface area contributed by atoms with Gasteiger partial charge in [0.1, 0.15) is 18.2 Å². The second-order valence-corrected chi connectivity index (χ2v) is 10.6. The van der Waals surface area contributed by atoms with E-state index in [4.69, 9.17) is 21.3 Å². The highest BCUT2D eigenvalue weighted by atomic mass is 35.5. The number of hydrogen-bond donors (Lipinski definition) is 1. The van der Waals surface area contributed by atoms with Gasteiger partial charge in [0.05, 0.1) is 17.1 Å². The number of fused-ring (bicyclic) bond motifs is 1. The van der Waals surface area contributed by atoms with Crippen LogP contribution in [0.2, 0.25) is 5.02 Å². The average molecular weight is 549 g/mol. The standard InChI is InChI=1S/C29H27ClF2N6O/c1-16-11-20(28-34-36-37-35-28)12-17(2)27(16)39-15-26(18-5-3-4-6-18)38-25-14-23(32)22(31)13-24(25)33-29(38)19-7-9-21(30)10-8-19/h7-14,18,26H,3-6,15H2,1-2H3,(H,34,35,36,37). The number of nitrogens with zero attached hydrogens (tertiary/aromatic N) is 5. The van der Waals surface area contributed by atoms with E-state index in [-0.39, 0.29) is 6.04 Å². The van der Waals surface area contributed by atoms with Crippen LogP contribution in [0.15, 0.2) is 48.5 Å². The van der Waals surface area contributed by atoms with E-state index in [1.165, 1.54) is 6.07 Å². The van der Waals surface area contributed by atoms with Crippen LogP contribution in [0.3, 0.4) is 0 Å². The minimum Gasteiger partial charge on any atom is -0.491 e. The van der Waals surface area contributed by atoms with Crippen molar-refractivity contribution >= 4 is 22.6 Å². The number of ether oxygens (including phenoxy) is 1. The third-order valence-corrected chi connectivity index (χ3v) is 7.82. The Morgan fingerprint density at radius 2 is 1.69 bits per heavy atom. The summed E-state index contributed by atoms with van der Waals surface area (Å²) in [5.74, 6) is 0.398. The lowest BCUT2D eigenvalue weighted by atomic mass is 9.97. The lowest BCUT2D eigenvalue weighted by Crippen LogP contribution is -2.25. The first kappa shape index (κ1) is 25.4. The molecule has 1 fully saturated rings. The van der Waals surface area contributed by atoms with Gasteiger partial charge in [-0.05, 0) is 85.3 Å². The Hall–Kier alpha value is -3.85. The second kappa shape index (κ2) is 10.4. The molecule has 0 spiro atoms. The lowest BCUT2D eigenvalue weighted by Gasteiger charge is -2.28. The van der Waals surface area contributed by atoms with Crippen molar-refractivity contribution in [3.63, 3.8) is 0 Å². The number of H-pyrrole nitrogens is 1. The van der Waals surface area contributed by atoms with E-state index in [1.807, 2.05) is 42.7 Å².